The van der Waals surface area contributed by atoms with Gasteiger partial charge in [0.2, 0.25) is 0 Å². The largest absolute Gasteiger partial charge is 0.384 e. The predicted molar refractivity (Wildman–Crippen MR) is 63.3 cm³/mol. The third-order valence-corrected chi connectivity index (χ3v) is 2.91. The van der Waals surface area contributed by atoms with Gasteiger partial charge in [-0.25, -0.2) is 0 Å². The second-order valence-electron chi connectivity index (χ2n) is 2.55. The van der Waals surface area contributed by atoms with Crippen molar-refractivity contribution in [2.45, 2.75) is 0 Å². The molecule has 0 bridgehead atoms. The lowest BCUT2D eigenvalue weighted by Gasteiger charge is -2.05. The van der Waals surface area contributed by atoms with E-state index in [-0.39, 0.29) is 0 Å². The van der Waals surface area contributed by atoms with Crippen molar-refractivity contribution in [2.24, 2.45) is 0 Å². The molecule has 0 fully saturated rings. The fourth-order valence-electron chi connectivity index (χ4n) is 0.904. The van der Waals surface area contributed by atoms with Gasteiger partial charge < -0.3 is 5.32 Å². The highest BCUT2D eigenvalue weighted by molar-refractivity contribution is 7.98. The maximum absolute atomic E-state index is 5.85. The number of nitrogens with one attached hydrogen (secondary N) is 1. The van der Waals surface area contributed by atoms with Gasteiger partial charge in [-0.3, -0.25) is 0 Å². The number of hydrogen-bond donors (Lipinski definition) is 1. The molecule has 0 atom stereocenters. The molecular weight excluding hydrogens is 225 g/mol. The highest BCUT2D eigenvalue weighted by atomic mass is 35.5. The highest BCUT2D eigenvalue weighted by Crippen LogP contribution is 2.24. The van der Waals surface area contributed by atoms with Crippen LogP contribution in [0.2, 0.25) is 10.0 Å². The molecule has 0 saturated carbocycles. The zero-order valence-corrected chi connectivity index (χ0v) is 9.64. The minimum Gasteiger partial charge on any atom is -0.384 e. The molecule has 0 aliphatic rings. The van der Waals surface area contributed by atoms with Crippen molar-refractivity contribution in [3.05, 3.63) is 28.2 Å². The quantitative estimate of drug-likeness (QED) is 0.798. The molecule has 1 nitrogen and oxygen atoms in total. The monoisotopic (exact) mass is 235 g/mol. The van der Waals surface area contributed by atoms with Crippen molar-refractivity contribution in [1.82, 2.24) is 0 Å². The first kappa shape index (κ1) is 11.0. The van der Waals surface area contributed by atoms with Gasteiger partial charge in [0.15, 0.2) is 0 Å². The van der Waals surface area contributed by atoms with Gasteiger partial charge in [-0.2, -0.15) is 11.8 Å². The fraction of sp³-hybridized carbons (Fsp3) is 0.333. The summed E-state index contributed by atoms with van der Waals surface area (Å²) in [4.78, 5) is 0. The van der Waals surface area contributed by atoms with Crippen LogP contribution < -0.4 is 5.32 Å². The zero-order chi connectivity index (χ0) is 9.68. The molecule has 0 spiro atoms. The van der Waals surface area contributed by atoms with Gasteiger partial charge >= 0.3 is 0 Å². The minimum atomic E-state index is 0.593. The van der Waals surface area contributed by atoms with Crippen LogP contribution in [0.1, 0.15) is 0 Å². The Morgan fingerprint density at radius 2 is 2.08 bits per heavy atom. The number of halogens is 2. The summed E-state index contributed by atoms with van der Waals surface area (Å²) >= 11 is 13.4. The summed E-state index contributed by atoms with van der Waals surface area (Å²) in [5.41, 5.74) is 1.02. The molecule has 4 heteroatoms. The molecule has 0 heterocycles. The van der Waals surface area contributed by atoms with E-state index in [2.05, 4.69) is 11.6 Å². The molecule has 72 valence electrons. The molecule has 0 aliphatic heterocycles. The lowest BCUT2D eigenvalue weighted by molar-refractivity contribution is 1.23. The Balaban J connectivity index is 2.53. The standard InChI is InChI=1S/C9H11Cl2NS/c1-13-5-4-12-7-2-3-8(10)9(11)6-7/h2-3,6,12H,4-5H2,1H3. The summed E-state index contributed by atoms with van der Waals surface area (Å²) in [5, 5.41) is 4.44. The van der Waals surface area contributed by atoms with E-state index in [0.717, 1.165) is 18.0 Å². The summed E-state index contributed by atoms with van der Waals surface area (Å²) in [5.74, 6) is 1.08. The average molecular weight is 236 g/mol. The molecule has 1 aromatic rings. The SMILES string of the molecule is CSCCNc1ccc(Cl)c(Cl)c1. The van der Waals surface area contributed by atoms with E-state index in [4.69, 9.17) is 23.2 Å². The number of anilines is 1. The maximum atomic E-state index is 5.85. The van der Waals surface area contributed by atoms with Gasteiger partial charge in [0.25, 0.3) is 0 Å². The minimum absolute atomic E-state index is 0.593. The number of thioether (sulfide) groups is 1. The van der Waals surface area contributed by atoms with Gasteiger partial charge in [0, 0.05) is 18.0 Å². The van der Waals surface area contributed by atoms with Crippen LogP contribution >= 0.6 is 35.0 Å². The Hall–Kier alpha value is -0.0500. The van der Waals surface area contributed by atoms with E-state index in [1.54, 1.807) is 17.8 Å². The van der Waals surface area contributed by atoms with Gasteiger partial charge in [0.1, 0.15) is 0 Å². The lowest BCUT2D eigenvalue weighted by Crippen LogP contribution is -2.03. The molecule has 13 heavy (non-hydrogen) atoms. The van der Waals surface area contributed by atoms with Gasteiger partial charge in [-0.05, 0) is 24.5 Å². The van der Waals surface area contributed by atoms with E-state index in [0.29, 0.717) is 10.0 Å². The zero-order valence-electron chi connectivity index (χ0n) is 7.31. The molecule has 1 rings (SSSR count). The van der Waals surface area contributed by atoms with Crippen LogP contribution in [0, 0.1) is 0 Å². The van der Waals surface area contributed by atoms with Crippen LogP contribution in [0.4, 0.5) is 5.69 Å². The summed E-state index contributed by atoms with van der Waals surface area (Å²) in [6.45, 7) is 0.944. The van der Waals surface area contributed by atoms with Crippen molar-refractivity contribution >= 4 is 40.7 Å². The number of benzene rings is 1. The van der Waals surface area contributed by atoms with Crippen LogP contribution in [0.5, 0.6) is 0 Å². The van der Waals surface area contributed by atoms with Crippen molar-refractivity contribution in [3.63, 3.8) is 0 Å². The molecule has 1 aromatic carbocycles. The average Bonchev–Trinajstić information content (AvgIpc) is 2.12. The molecule has 0 aromatic heterocycles. The third-order valence-electron chi connectivity index (χ3n) is 1.55. The molecule has 1 N–H and O–H groups in total. The van der Waals surface area contributed by atoms with Crippen LogP contribution in [0.3, 0.4) is 0 Å². The topological polar surface area (TPSA) is 12.0 Å². The number of rotatable bonds is 4. The molecule has 0 aliphatic carbocycles. The van der Waals surface area contributed by atoms with E-state index < -0.39 is 0 Å². The first-order chi connectivity index (χ1) is 6.24. The Kier molecular flexibility index (Phi) is 4.78. The van der Waals surface area contributed by atoms with E-state index in [1.165, 1.54) is 0 Å². The summed E-state index contributed by atoms with van der Waals surface area (Å²) in [6, 6.07) is 5.56. The van der Waals surface area contributed by atoms with Crippen molar-refractivity contribution in [3.8, 4) is 0 Å². The van der Waals surface area contributed by atoms with E-state index >= 15 is 0 Å². The van der Waals surface area contributed by atoms with E-state index in [1.807, 2.05) is 12.1 Å². The normalized spacial score (nSPS) is 10.1. The molecular formula is C9H11Cl2NS. The first-order valence-electron chi connectivity index (χ1n) is 3.92. The first-order valence-corrected chi connectivity index (χ1v) is 6.07. The Labute approximate surface area is 92.8 Å². The fourth-order valence-corrected chi connectivity index (χ4v) is 1.51. The van der Waals surface area contributed by atoms with Crippen LogP contribution in [-0.4, -0.2) is 18.6 Å². The molecule has 0 unspecified atom stereocenters. The molecule has 0 saturated heterocycles. The predicted octanol–water partition coefficient (Wildman–Crippen LogP) is 3.77. The van der Waals surface area contributed by atoms with Crippen LogP contribution in [-0.2, 0) is 0 Å². The van der Waals surface area contributed by atoms with Gasteiger partial charge in [0.05, 0.1) is 10.0 Å². The van der Waals surface area contributed by atoms with Crippen LogP contribution in [0.25, 0.3) is 0 Å². The smallest absolute Gasteiger partial charge is 0.0612 e. The van der Waals surface area contributed by atoms with E-state index in [9.17, 15) is 0 Å². The number of hydrogen-bond acceptors (Lipinski definition) is 2. The van der Waals surface area contributed by atoms with Crippen molar-refractivity contribution in [2.75, 3.05) is 23.9 Å². The molecule has 0 amide bonds. The molecule has 0 radical (unpaired) electrons. The Morgan fingerprint density at radius 3 is 2.69 bits per heavy atom. The van der Waals surface area contributed by atoms with Crippen molar-refractivity contribution < 1.29 is 0 Å². The highest BCUT2D eigenvalue weighted by Gasteiger charge is 1.97. The summed E-state index contributed by atoms with van der Waals surface area (Å²) in [6.07, 6.45) is 2.08. The third kappa shape index (κ3) is 3.67. The Bertz CT molecular complexity index is 278. The van der Waals surface area contributed by atoms with Crippen molar-refractivity contribution in [1.29, 1.82) is 0 Å². The van der Waals surface area contributed by atoms with Gasteiger partial charge in [-0.15, -0.1) is 0 Å². The summed E-state index contributed by atoms with van der Waals surface area (Å²) < 4.78 is 0. The Morgan fingerprint density at radius 1 is 1.31 bits per heavy atom. The maximum Gasteiger partial charge on any atom is 0.0612 e. The summed E-state index contributed by atoms with van der Waals surface area (Å²) in [7, 11) is 0. The second kappa shape index (κ2) is 5.63. The lowest BCUT2D eigenvalue weighted by atomic mass is 10.3. The second-order valence-corrected chi connectivity index (χ2v) is 4.35. The van der Waals surface area contributed by atoms with Crippen LogP contribution in [0.15, 0.2) is 18.2 Å². The van der Waals surface area contributed by atoms with Gasteiger partial charge in [-0.1, -0.05) is 23.2 Å².